The molecule has 21 heavy (non-hydrogen) atoms. The van der Waals surface area contributed by atoms with Crippen LogP contribution in [-0.2, 0) is 0 Å². The number of aryl methyl sites for hydroxylation is 1. The van der Waals surface area contributed by atoms with Crippen LogP contribution in [0.1, 0.15) is 41.6 Å². The second-order valence-corrected chi connectivity index (χ2v) is 6.12. The van der Waals surface area contributed by atoms with Gasteiger partial charge in [-0.05, 0) is 31.4 Å². The fourth-order valence-electron chi connectivity index (χ4n) is 2.82. The van der Waals surface area contributed by atoms with E-state index in [1.54, 1.807) is 24.1 Å². The third kappa shape index (κ3) is 3.35. The van der Waals surface area contributed by atoms with Crippen LogP contribution in [0, 0.1) is 17.0 Å². The van der Waals surface area contributed by atoms with Crippen molar-refractivity contribution in [3.63, 3.8) is 0 Å². The van der Waals surface area contributed by atoms with Crippen molar-refractivity contribution >= 4 is 23.2 Å². The molecule has 6 heteroatoms. The van der Waals surface area contributed by atoms with Crippen molar-refractivity contribution in [3.05, 3.63) is 39.4 Å². The third-order valence-corrected chi connectivity index (χ3v) is 4.55. The smallest absolute Gasteiger partial charge is 0.282 e. The summed E-state index contributed by atoms with van der Waals surface area (Å²) >= 11 is 6.31. The summed E-state index contributed by atoms with van der Waals surface area (Å²) in [5.41, 5.74) is 0.805. The van der Waals surface area contributed by atoms with Gasteiger partial charge in [0.2, 0.25) is 0 Å². The maximum absolute atomic E-state index is 12.6. The molecule has 1 aromatic carbocycles. The molecule has 1 fully saturated rings. The molecule has 2 unspecified atom stereocenters. The van der Waals surface area contributed by atoms with Gasteiger partial charge >= 0.3 is 0 Å². The van der Waals surface area contributed by atoms with Crippen LogP contribution >= 0.6 is 11.6 Å². The molecule has 1 saturated carbocycles. The largest absolute Gasteiger partial charge is 0.337 e. The van der Waals surface area contributed by atoms with Crippen molar-refractivity contribution in [2.45, 2.75) is 44.0 Å². The number of halogens is 1. The minimum atomic E-state index is -0.514. The molecule has 0 N–H and O–H groups in total. The quantitative estimate of drug-likeness (QED) is 0.487. The number of carbonyl (C=O) groups excluding carboxylic acids is 1. The number of hydrogen-bond donors (Lipinski definition) is 0. The van der Waals surface area contributed by atoms with Crippen LogP contribution in [0.4, 0.5) is 5.69 Å². The van der Waals surface area contributed by atoms with E-state index in [4.69, 9.17) is 11.6 Å². The van der Waals surface area contributed by atoms with E-state index in [0.717, 1.165) is 31.2 Å². The lowest BCUT2D eigenvalue weighted by atomic mass is 9.93. The van der Waals surface area contributed by atoms with Gasteiger partial charge in [-0.25, -0.2) is 0 Å². The Labute approximate surface area is 129 Å². The Morgan fingerprint density at radius 3 is 2.67 bits per heavy atom. The molecule has 114 valence electrons. The summed E-state index contributed by atoms with van der Waals surface area (Å²) in [7, 11) is 1.68. The van der Waals surface area contributed by atoms with E-state index in [0.29, 0.717) is 0 Å². The van der Waals surface area contributed by atoms with Gasteiger partial charge in [0, 0.05) is 19.2 Å². The SMILES string of the molecule is Cc1ccc([N+](=O)[O-])c(C(=O)N(C)C2CCCCC2Cl)c1. The van der Waals surface area contributed by atoms with E-state index >= 15 is 0 Å². The van der Waals surface area contributed by atoms with Gasteiger partial charge < -0.3 is 4.90 Å². The standard InChI is InChI=1S/C15H19ClN2O3/c1-10-7-8-13(18(20)21)11(9-10)15(19)17(2)14-6-4-3-5-12(14)16/h7-9,12,14H,3-6H2,1-2H3. The van der Waals surface area contributed by atoms with E-state index < -0.39 is 4.92 Å². The molecule has 0 saturated heterocycles. The van der Waals surface area contributed by atoms with Gasteiger partial charge in [0.1, 0.15) is 5.56 Å². The molecule has 1 aromatic rings. The molecule has 2 rings (SSSR count). The molecule has 0 aromatic heterocycles. The van der Waals surface area contributed by atoms with Crippen LogP contribution in [0.5, 0.6) is 0 Å². The average Bonchev–Trinajstić information content (AvgIpc) is 2.45. The average molecular weight is 311 g/mol. The molecule has 0 heterocycles. The molecule has 1 amide bonds. The maximum atomic E-state index is 12.6. The first-order valence-corrected chi connectivity index (χ1v) is 7.51. The predicted molar refractivity (Wildman–Crippen MR) is 81.8 cm³/mol. The highest BCUT2D eigenvalue weighted by molar-refractivity contribution is 6.21. The number of carbonyl (C=O) groups is 1. The molecule has 0 spiro atoms. The number of nitrogens with zero attached hydrogens (tertiary/aromatic N) is 2. The summed E-state index contributed by atoms with van der Waals surface area (Å²) in [6, 6.07) is 4.53. The zero-order valence-corrected chi connectivity index (χ0v) is 13.0. The number of alkyl halides is 1. The number of hydrogen-bond acceptors (Lipinski definition) is 3. The van der Waals surface area contributed by atoms with Crippen LogP contribution in [0.15, 0.2) is 18.2 Å². The minimum absolute atomic E-state index is 0.0620. The van der Waals surface area contributed by atoms with E-state index in [2.05, 4.69) is 0 Å². The van der Waals surface area contributed by atoms with Gasteiger partial charge in [-0.3, -0.25) is 14.9 Å². The van der Waals surface area contributed by atoms with Crippen molar-refractivity contribution in [1.82, 2.24) is 4.90 Å². The Balaban J connectivity index is 2.30. The molecule has 1 aliphatic carbocycles. The Morgan fingerprint density at radius 1 is 1.38 bits per heavy atom. The first-order chi connectivity index (χ1) is 9.91. The Morgan fingerprint density at radius 2 is 2.05 bits per heavy atom. The van der Waals surface area contributed by atoms with Gasteiger partial charge in [0.25, 0.3) is 11.6 Å². The van der Waals surface area contributed by atoms with Crippen molar-refractivity contribution < 1.29 is 9.72 Å². The fraction of sp³-hybridized carbons (Fsp3) is 0.533. The third-order valence-electron chi connectivity index (χ3n) is 4.04. The summed E-state index contributed by atoms with van der Waals surface area (Å²) in [6.07, 6.45) is 3.81. The molecule has 5 nitrogen and oxygen atoms in total. The van der Waals surface area contributed by atoms with Crippen LogP contribution in [0.3, 0.4) is 0 Å². The molecular weight excluding hydrogens is 292 g/mol. The molecular formula is C15H19ClN2O3. The number of amides is 1. The van der Waals surface area contributed by atoms with Crippen LogP contribution in [0.25, 0.3) is 0 Å². The van der Waals surface area contributed by atoms with Gasteiger partial charge in [0.05, 0.1) is 10.3 Å². The number of nitro groups is 1. The normalized spacial score (nSPS) is 21.9. The first kappa shape index (κ1) is 15.8. The summed E-state index contributed by atoms with van der Waals surface area (Å²) in [6.45, 7) is 1.81. The number of rotatable bonds is 3. The first-order valence-electron chi connectivity index (χ1n) is 7.08. The fourth-order valence-corrected chi connectivity index (χ4v) is 3.27. The van der Waals surface area contributed by atoms with Crippen LogP contribution < -0.4 is 0 Å². The number of benzene rings is 1. The highest BCUT2D eigenvalue weighted by atomic mass is 35.5. The van der Waals surface area contributed by atoms with Crippen molar-refractivity contribution in [1.29, 1.82) is 0 Å². The zero-order chi connectivity index (χ0) is 15.6. The van der Waals surface area contributed by atoms with E-state index in [-0.39, 0.29) is 28.6 Å². The van der Waals surface area contributed by atoms with Crippen LogP contribution in [0.2, 0.25) is 0 Å². The summed E-state index contributed by atoms with van der Waals surface area (Å²) in [5, 5.41) is 11.0. The second kappa shape index (κ2) is 6.43. The summed E-state index contributed by atoms with van der Waals surface area (Å²) < 4.78 is 0. The van der Waals surface area contributed by atoms with E-state index in [1.807, 2.05) is 6.92 Å². The zero-order valence-electron chi connectivity index (χ0n) is 12.2. The van der Waals surface area contributed by atoms with Crippen molar-refractivity contribution in [2.75, 3.05) is 7.05 Å². The highest BCUT2D eigenvalue weighted by Crippen LogP contribution is 2.29. The molecule has 2 atom stereocenters. The predicted octanol–water partition coefficient (Wildman–Crippen LogP) is 3.53. The van der Waals surface area contributed by atoms with Crippen LogP contribution in [-0.4, -0.2) is 34.2 Å². The Hall–Kier alpha value is -1.62. The Kier molecular flexibility index (Phi) is 4.83. The molecule has 0 aliphatic heterocycles. The number of nitro benzene ring substituents is 1. The highest BCUT2D eigenvalue weighted by Gasteiger charge is 2.32. The molecule has 0 radical (unpaired) electrons. The van der Waals surface area contributed by atoms with Gasteiger partial charge in [-0.15, -0.1) is 11.6 Å². The monoisotopic (exact) mass is 310 g/mol. The maximum Gasteiger partial charge on any atom is 0.282 e. The van der Waals surface area contributed by atoms with Gasteiger partial charge in [0.15, 0.2) is 0 Å². The van der Waals surface area contributed by atoms with Gasteiger partial charge in [-0.2, -0.15) is 0 Å². The lowest BCUT2D eigenvalue weighted by molar-refractivity contribution is -0.385. The second-order valence-electron chi connectivity index (χ2n) is 5.56. The molecule has 0 bridgehead atoms. The lowest BCUT2D eigenvalue weighted by Gasteiger charge is -2.34. The molecule has 1 aliphatic rings. The van der Waals surface area contributed by atoms with E-state index in [9.17, 15) is 14.9 Å². The minimum Gasteiger partial charge on any atom is -0.337 e. The Bertz CT molecular complexity index is 562. The van der Waals surface area contributed by atoms with Gasteiger partial charge in [-0.1, -0.05) is 18.9 Å². The summed E-state index contributed by atoms with van der Waals surface area (Å²) in [4.78, 5) is 24.8. The van der Waals surface area contributed by atoms with E-state index in [1.165, 1.54) is 6.07 Å². The van der Waals surface area contributed by atoms with Crippen molar-refractivity contribution in [3.8, 4) is 0 Å². The van der Waals surface area contributed by atoms with Crippen molar-refractivity contribution in [2.24, 2.45) is 0 Å². The topological polar surface area (TPSA) is 63.5 Å². The summed E-state index contributed by atoms with van der Waals surface area (Å²) in [5.74, 6) is -0.331. The lowest BCUT2D eigenvalue weighted by Crippen LogP contribution is -2.44.